The number of fused-ring (bicyclic) bond motifs is 1. The maximum Gasteiger partial charge on any atom is 0.439 e. The molecule has 1 saturated carbocycles. The van der Waals surface area contributed by atoms with Gasteiger partial charge in [0.25, 0.3) is 0 Å². The SMILES string of the molecule is C[C@H]1CC[C@H](Cn2c(COc3ccccc3F)nc3cc(-c4noc(=O)[nH]4)nc(-c4cncc(Cl)c4)c32)CC1. The quantitative estimate of drug-likeness (QED) is 0.264. The van der Waals surface area contributed by atoms with E-state index in [2.05, 4.69) is 26.6 Å². The van der Waals surface area contributed by atoms with Crippen LogP contribution in [-0.4, -0.2) is 29.7 Å². The third-order valence-electron chi connectivity index (χ3n) is 7.23. The fraction of sp³-hybridized carbons (Fsp3) is 0.321. The van der Waals surface area contributed by atoms with Crippen LogP contribution in [0.5, 0.6) is 5.75 Å². The molecule has 0 bridgehead atoms. The molecule has 0 atom stereocenters. The van der Waals surface area contributed by atoms with Gasteiger partial charge < -0.3 is 9.30 Å². The molecule has 0 amide bonds. The predicted octanol–water partition coefficient (Wildman–Crippen LogP) is 6.03. The van der Waals surface area contributed by atoms with Crippen LogP contribution in [-0.2, 0) is 13.2 Å². The Morgan fingerprint density at radius 2 is 1.97 bits per heavy atom. The number of imidazole rings is 1. The van der Waals surface area contributed by atoms with E-state index in [1.165, 1.54) is 18.9 Å². The first-order valence-corrected chi connectivity index (χ1v) is 13.3. The van der Waals surface area contributed by atoms with Crippen LogP contribution in [0.3, 0.4) is 0 Å². The average Bonchev–Trinajstić information content (AvgIpc) is 3.52. The first-order chi connectivity index (χ1) is 18.9. The van der Waals surface area contributed by atoms with Gasteiger partial charge in [-0.1, -0.05) is 48.7 Å². The van der Waals surface area contributed by atoms with Crippen molar-refractivity contribution < 1.29 is 13.7 Å². The van der Waals surface area contributed by atoms with Gasteiger partial charge in [0.15, 0.2) is 11.6 Å². The second-order valence-electron chi connectivity index (χ2n) is 10.0. The van der Waals surface area contributed by atoms with E-state index >= 15 is 0 Å². The Kier molecular flexibility index (Phi) is 6.86. The van der Waals surface area contributed by atoms with Crippen molar-refractivity contribution in [3.05, 3.63) is 76.0 Å². The average molecular weight is 549 g/mol. The fourth-order valence-corrected chi connectivity index (χ4v) is 5.36. The number of hydrogen-bond donors (Lipinski definition) is 1. The number of para-hydroxylation sites is 1. The van der Waals surface area contributed by atoms with E-state index in [-0.39, 0.29) is 18.2 Å². The lowest BCUT2D eigenvalue weighted by molar-refractivity contribution is 0.248. The topological polar surface area (TPSA) is 112 Å². The van der Waals surface area contributed by atoms with Crippen LogP contribution in [0.1, 0.15) is 38.4 Å². The maximum absolute atomic E-state index is 14.3. The number of aromatic nitrogens is 6. The Morgan fingerprint density at radius 1 is 1.15 bits per heavy atom. The highest BCUT2D eigenvalue weighted by Crippen LogP contribution is 2.35. The number of pyridine rings is 2. The van der Waals surface area contributed by atoms with Crippen molar-refractivity contribution in [1.82, 2.24) is 29.7 Å². The Balaban J connectivity index is 1.51. The lowest BCUT2D eigenvalue weighted by Gasteiger charge is -2.27. The summed E-state index contributed by atoms with van der Waals surface area (Å²) in [5.41, 5.74) is 3.03. The lowest BCUT2D eigenvalue weighted by atomic mass is 9.83. The molecule has 11 heteroatoms. The number of nitrogens with zero attached hydrogens (tertiary/aromatic N) is 5. The monoisotopic (exact) mass is 548 g/mol. The molecule has 0 unspecified atom stereocenters. The van der Waals surface area contributed by atoms with Gasteiger partial charge in [-0.2, -0.15) is 0 Å². The van der Waals surface area contributed by atoms with Gasteiger partial charge in [-0.3, -0.25) is 14.5 Å². The Bertz CT molecular complexity index is 1690. The first-order valence-electron chi connectivity index (χ1n) is 12.9. The molecule has 1 aliphatic rings. The molecule has 9 nitrogen and oxygen atoms in total. The first kappa shape index (κ1) is 25.2. The second-order valence-corrected chi connectivity index (χ2v) is 10.5. The van der Waals surface area contributed by atoms with Gasteiger partial charge in [0, 0.05) is 24.5 Å². The Morgan fingerprint density at radius 3 is 2.72 bits per heavy atom. The minimum Gasteiger partial charge on any atom is -0.483 e. The number of nitrogens with one attached hydrogen (secondary N) is 1. The molecule has 0 spiro atoms. The van der Waals surface area contributed by atoms with Crippen LogP contribution in [0, 0.1) is 17.7 Å². The Labute approximate surface area is 228 Å². The van der Waals surface area contributed by atoms with Crippen LogP contribution >= 0.6 is 11.6 Å². The zero-order valence-corrected chi connectivity index (χ0v) is 22.0. The predicted molar refractivity (Wildman–Crippen MR) is 144 cm³/mol. The molecule has 4 heterocycles. The van der Waals surface area contributed by atoms with E-state index < -0.39 is 11.6 Å². The summed E-state index contributed by atoms with van der Waals surface area (Å²) >= 11 is 6.31. The van der Waals surface area contributed by atoms with E-state index in [0.29, 0.717) is 51.7 Å². The van der Waals surface area contributed by atoms with Gasteiger partial charge in [-0.25, -0.2) is 19.2 Å². The highest BCUT2D eigenvalue weighted by Gasteiger charge is 2.25. The van der Waals surface area contributed by atoms with Crippen LogP contribution < -0.4 is 10.5 Å². The summed E-state index contributed by atoms with van der Waals surface area (Å²) in [7, 11) is 0. The second kappa shape index (κ2) is 10.6. The molecule has 1 fully saturated rings. The van der Waals surface area contributed by atoms with Crippen molar-refractivity contribution in [3.8, 4) is 28.5 Å². The van der Waals surface area contributed by atoms with Gasteiger partial charge in [0.05, 0.1) is 21.7 Å². The van der Waals surface area contributed by atoms with Crippen molar-refractivity contribution in [1.29, 1.82) is 0 Å². The largest absolute Gasteiger partial charge is 0.483 e. The lowest BCUT2D eigenvalue weighted by Crippen LogP contribution is -2.20. The van der Waals surface area contributed by atoms with Crippen molar-refractivity contribution in [2.45, 2.75) is 45.8 Å². The molecule has 1 N–H and O–H groups in total. The Hall–Kier alpha value is -4.05. The zero-order chi connectivity index (χ0) is 26.9. The number of benzene rings is 1. The molecule has 0 saturated heterocycles. The van der Waals surface area contributed by atoms with Crippen LogP contribution in [0.4, 0.5) is 4.39 Å². The van der Waals surface area contributed by atoms with Crippen molar-refractivity contribution in [2.75, 3.05) is 0 Å². The molecule has 4 aromatic heterocycles. The summed E-state index contributed by atoms with van der Waals surface area (Å²) in [6, 6.07) is 9.82. The summed E-state index contributed by atoms with van der Waals surface area (Å²) < 4.78 is 27.1. The maximum atomic E-state index is 14.3. The molecule has 1 aromatic carbocycles. The van der Waals surface area contributed by atoms with Crippen molar-refractivity contribution in [3.63, 3.8) is 0 Å². The van der Waals surface area contributed by atoms with Gasteiger partial charge >= 0.3 is 5.76 Å². The van der Waals surface area contributed by atoms with Crippen molar-refractivity contribution >= 4 is 22.6 Å². The van der Waals surface area contributed by atoms with E-state index in [1.54, 1.807) is 42.7 Å². The minimum atomic E-state index is -0.686. The zero-order valence-electron chi connectivity index (χ0n) is 21.2. The summed E-state index contributed by atoms with van der Waals surface area (Å²) in [5, 5.41) is 4.27. The van der Waals surface area contributed by atoms with E-state index in [4.69, 9.17) is 30.8 Å². The highest BCUT2D eigenvalue weighted by atomic mass is 35.5. The van der Waals surface area contributed by atoms with Gasteiger partial charge in [0.1, 0.15) is 18.1 Å². The van der Waals surface area contributed by atoms with Crippen molar-refractivity contribution in [2.24, 2.45) is 11.8 Å². The third-order valence-corrected chi connectivity index (χ3v) is 7.44. The van der Waals surface area contributed by atoms with Gasteiger partial charge in [0.2, 0.25) is 5.82 Å². The molecule has 200 valence electrons. The highest BCUT2D eigenvalue weighted by molar-refractivity contribution is 6.30. The summed E-state index contributed by atoms with van der Waals surface area (Å²) in [6.07, 6.45) is 7.78. The van der Waals surface area contributed by atoms with Crippen LogP contribution in [0.15, 0.2) is 58.1 Å². The molecule has 1 aliphatic carbocycles. The van der Waals surface area contributed by atoms with E-state index in [1.807, 2.05) is 0 Å². The third kappa shape index (κ3) is 5.29. The molecule has 6 rings (SSSR count). The number of hydrogen-bond acceptors (Lipinski definition) is 7. The van der Waals surface area contributed by atoms with Gasteiger partial charge in [-0.15, -0.1) is 0 Å². The number of rotatable bonds is 7. The summed E-state index contributed by atoms with van der Waals surface area (Å²) in [4.78, 5) is 28.2. The standard InChI is InChI=1S/C28H26ClFN6O3/c1-16-6-8-17(9-7-16)14-36-24(15-38-23-5-3-2-4-20(23)30)32-21-11-22(27-34-28(37)39-35-27)33-25(26(21)36)18-10-19(29)13-31-12-18/h2-5,10-13,16-17H,6-9,14-15H2,1H3,(H,34,35,37)/t16-,17-. The molecule has 0 radical (unpaired) electrons. The van der Waals surface area contributed by atoms with Crippen LogP contribution in [0.2, 0.25) is 5.02 Å². The summed E-state index contributed by atoms with van der Waals surface area (Å²) in [5.74, 6) is 1.00. The molecular formula is C28H26ClFN6O3. The molecule has 39 heavy (non-hydrogen) atoms. The minimum absolute atomic E-state index is 0.0576. The molecular weight excluding hydrogens is 523 g/mol. The van der Waals surface area contributed by atoms with Gasteiger partial charge in [-0.05, 0) is 48.9 Å². The number of halogens is 2. The molecule has 0 aliphatic heterocycles. The number of ether oxygens (including phenoxy) is 1. The molecule has 5 aromatic rings. The normalized spacial score (nSPS) is 17.5. The van der Waals surface area contributed by atoms with Crippen LogP contribution in [0.25, 0.3) is 33.8 Å². The number of H-pyrrole nitrogens is 1. The fourth-order valence-electron chi connectivity index (χ4n) is 5.19. The van der Waals surface area contributed by atoms with E-state index in [0.717, 1.165) is 18.4 Å². The smallest absolute Gasteiger partial charge is 0.439 e. The number of aromatic amines is 1. The summed E-state index contributed by atoms with van der Waals surface area (Å²) in [6.45, 7) is 3.06. The van der Waals surface area contributed by atoms with E-state index in [9.17, 15) is 9.18 Å².